The molecule has 6 nitrogen and oxygen atoms in total. The van der Waals surface area contributed by atoms with E-state index in [2.05, 4.69) is 25.7 Å². The summed E-state index contributed by atoms with van der Waals surface area (Å²) in [6, 6.07) is 5.66. The number of hydrogen-bond donors (Lipinski definition) is 1. The number of hydrogen-bond acceptors (Lipinski definition) is 6. The van der Waals surface area contributed by atoms with Crippen molar-refractivity contribution < 1.29 is 23.8 Å². The number of ketones is 1. The van der Waals surface area contributed by atoms with Crippen molar-refractivity contribution >= 4 is 11.8 Å². The Hall–Kier alpha value is -2.76. The van der Waals surface area contributed by atoms with E-state index in [0.29, 0.717) is 29.2 Å². The molecule has 1 N–H and O–H groups in total. The van der Waals surface area contributed by atoms with Crippen LogP contribution in [-0.2, 0) is 14.3 Å². The topological polar surface area (TPSA) is 73.9 Å². The van der Waals surface area contributed by atoms with Crippen LogP contribution in [0.25, 0.3) is 0 Å². The molecule has 31 heavy (non-hydrogen) atoms. The number of Topliss-reactive ketones (excluding diaryl/α,β-unsaturated/α-hetero) is 1. The van der Waals surface area contributed by atoms with E-state index in [0.717, 1.165) is 43.4 Å². The summed E-state index contributed by atoms with van der Waals surface area (Å²) < 4.78 is 16.9. The van der Waals surface area contributed by atoms with Crippen LogP contribution in [0.5, 0.6) is 11.5 Å². The van der Waals surface area contributed by atoms with E-state index in [9.17, 15) is 9.59 Å². The van der Waals surface area contributed by atoms with Gasteiger partial charge in [0, 0.05) is 29.3 Å². The normalized spacial score (nSPS) is 27.2. The van der Waals surface area contributed by atoms with Crippen molar-refractivity contribution in [3.05, 3.63) is 47.3 Å². The zero-order chi connectivity index (χ0) is 21.8. The lowest BCUT2D eigenvalue weighted by molar-refractivity contribution is -0.153. The van der Waals surface area contributed by atoms with Gasteiger partial charge in [0.05, 0.1) is 0 Å². The first-order chi connectivity index (χ1) is 14.8. The second-order valence-corrected chi connectivity index (χ2v) is 9.89. The standard InChI is InChI=1S/C25H29NO5/c1-14-21(24(28)31-16-6-4-5-7-16)22(15-8-9-19-20(10-15)30-13-29-19)23-17(26-14)11-25(2,3)12-18(23)27/h8-10,16,21-22,26H,1,4-7,11-13H2,2-3H3. The van der Waals surface area contributed by atoms with Crippen LogP contribution < -0.4 is 14.8 Å². The second kappa shape index (κ2) is 7.43. The van der Waals surface area contributed by atoms with Gasteiger partial charge in [-0.05, 0) is 55.2 Å². The van der Waals surface area contributed by atoms with Gasteiger partial charge in [-0.25, -0.2) is 0 Å². The Balaban J connectivity index is 1.58. The van der Waals surface area contributed by atoms with Gasteiger partial charge in [0.25, 0.3) is 0 Å². The lowest BCUT2D eigenvalue weighted by atomic mass is 9.66. The first-order valence-electron chi connectivity index (χ1n) is 11.1. The lowest BCUT2D eigenvalue weighted by Crippen LogP contribution is -2.44. The number of rotatable bonds is 3. The summed E-state index contributed by atoms with van der Waals surface area (Å²) in [7, 11) is 0. The quantitative estimate of drug-likeness (QED) is 0.728. The highest BCUT2D eigenvalue weighted by molar-refractivity contribution is 6.01. The number of nitrogens with one attached hydrogen (secondary N) is 1. The van der Waals surface area contributed by atoms with Crippen molar-refractivity contribution in [3.8, 4) is 11.5 Å². The fraction of sp³-hybridized carbons (Fsp3) is 0.520. The Bertz CT molecular complexity index is 986. The molecule has 6 heteroatoms. The summed E-state index contributed by atoms with van der Waals surface area (Å²) in [6.45, 7) is 8.55. The van der Waals surface area contributed by atoms with Crippen molar-refractivity contribution in [3.63, 3.8) is 0 Å². The molecule has 0 saturated heterocycles. The van der Waals surface area contributed by atoms with Crippen LogP contribution >= 0.6 is 0 Å². The molecular weight excluding hydrogens is 394 g/mol. The highest BCUT2D eigenvalue weighted by Crippen LogP contribution is 2.49. The van der Waals surface area contributed by atoms with E-state index in [1.54, 1.807) is 0 Å². The van der Waals surface area contributed by atoms with E-state index in [4.69, 9.17) is 14.2 Å². The SMILES string of the molecule is C=C1NC2=C(C(=O)CC(C)(C)C2)C(c2ccc3c(c2)OCO3)C1C(=O)OC1CCCC1. The average Bonchev–Trinajstić information content (AvgIpc) is 3.36. The lowest BCUT2D eigenvalue weighted by Gasteiger charge is -2.42. The molecule has 0 amide bonds. The molecule has 1 aromatic rings. The number of carbonyl (C=O) groups excluding carboxylic acids is 2. The Labute approximate surface area is 182 Å². The number of allylic oxidation sites excluding steroid dienone is 2. The van der Waals surface area contributed by atoms with E-state index >= 15 is 0 Å². The van der Waals surface area contributed by atoms with Gasteiger partial charge < -0.3 is 19.5 Å². The molecule has 4 aliphatic rings. The minimum absolute atomic E-state index is 0.0472. The predicted molar refractivity (Wildman–Crippen MR) is 114 cm³/mol. The molecule has 2 aliphatic heterocycles. The maximum Gasteiger partial charge on any atom is 0.316 e. The number of ether oxygens (including phenoxy) is 3. The smallest absolute Gasteiger partial charge is 0.316 e. The first-order valence-corrected chi connectivity index (χ1v) is 11.1. The maximum atomic E-state index is 13.4. The summed E-state index contributed by atoms with van der Waals surface area (Å²) in [5, 5.41) is 3.32. The van der Waals surface area contributed by atoms with Crippen LogP contribution in [0, 0.1) is 11.3 Å². The molecule has 2 heterocycles. The van der Waals surface area contributed by atoms with Crippen LogP contribution in [-0.4, -0.2) is 24.6 Å². The van der Waals surface area contributed by atoms with Crippen LogP contribution in [0.2, 0.25) is 0 Å². The van der Waals surface area contributed by atoms with Gasteiger partial charge in [-0.3, -0.25) is 9.59 Å². The largest absolute Gasteiger partial charge is 0.462 e. The Morgan fingerprint density at radius 3 is 2.68 bits per heavy atom. The van der Waals surface area contributed by atoms with Crippen LogP contribution in [0.1, 0.15) is 63.9 Å². The van der Waals surface area contributed by atoms with Crippen molar-refractivity contribution in [1.82, 2.24) is 5.32 Å². The van der Waals surface area contributed by atoms with E-state index in [1.165, 1.54) is 0 Å². The average molecular weight is 424 g/mol. The molecule has 5 rings (SSSR count). The molecular formula is C25H29NO5. The van der Waals surface area contributed by atoms with Gasteiger partial charge in [0.1, 0.15) is 12.0 Å². The Morgan fingerprint density at radius 1 is 1.16 bits per heavy atom. The summed E-state index contributed by atoms with van der Waals surface area (Å²) in [4.78, 5) is 26.7. The van der Waals surface area contributed by atoms with Crippen LogP contribution in [0.3, 0.4) is 0 Å². The molecule has 2 aliphatic carbocycles. The zero-order valence-corrected chi connectivity index (χ0v) is 18.2. The monoisotopic (exact) mass is 423 g/mol. The van der Waals surface area contributed by atoms with Gasteiger partial charge in [-0.1, -0.05) is 26.5 Å². The summed E-state index contributed by atoms with van der Waals surface area (Å²) in [5.74, 6) is -0.0355. The molecule has 0 bridgehead atoms. The Morgan fingerprint density at radius 2 is 1.90 bits per heavy atom. The summed E-state index contributed by atoms with van der Waals surface area (Å²) in [6.07, 6.45) is 5.09. The third-order valence-electron chi connectivity index (χ3n) is 6.85. The molecule has 0 spiro atoms. The number of carbonyl (C=O) groups is 2. The summed E-state index contributed by atoms with van der Waals surface area (Å²) >= 11 is 0. The van der Waals surface area contributed by atoms with Crippen LogP contribution in [0.4, 0.5) is 0 Å². The number of benzene rings is 1. The molecule has 1 fully saturated rings. The number of fused-ring (bicyclic) bond motifs is 1. The first kappa shape index (κ1) is 20.2. The molecule has 164 valence electrons. The van der Waals surface area contributed by atoms with Crippen molar-refractivity contribution in [2.24, 2.45) is 11.3 Å². The van der Waals surface area contributed by atoms with E-state index < -0.39 is 11.8 Å². The third kappa shape index (κ3) is 3.62. The fourth-order valence-corrected chi connectivity index (χ4v) is 5.43. The van der Waals surface area contributed by atoms with Gasteiger partial charge in [0.15, 0.2) is 17.3 Å². The van der Waals surface area contributed by atoms with Gasteiger partial charge >= 0.3 is 5.97 Å². The third-order valence-corrected chi connectivity index (χ3v) is 6.85. The molecule has 0 radical (unpaired) electrons. The van der Waals surface area contributed by atoms with Gasteiger partial charge in [0.2, 0.25) is 6.79 Å². The highest BCUT2D eigenvalue weighted by Gasteiger charge is 2.47. The molecule has 0 aromatic heterocycles. The van der Waals surface area contributed by atoms with Crippen LogP contribution in [0.15, 0.2) is 41.7 Å². The predicted octanol–water partition coefficient (Wildman–Crippen LogP) is 4.36. The number of esters is 1. The van der Waals surface area contributed by atoms with Crippen molar-refractivity contribution in [1.29, 1.82) is 0 Å². The summed E-state index contributed by atoms with van der Waals surface area (Å²) in [5.41, 5.74) is 2.85. The highest BCUT2D eigenvalue weighted by atomic mass is 16.7. The van der Waals surface area contributed by atoms with E-state index in [1.807, 2.05) is 18.2 Å². The maximum absolute atomic E-state index is 13.4. The minimum Gasteiger partial charge on any atom is -0.462 e. The van der Waals surface area contributed by atoms with Crippen molar-refractivity contribution in [2.75, 3.05) is 6.79 Å². The second-order valence-electron chi connectivity index (χ2n) is 9.89. The van der Waals surface area contributed by atoms with Gasteiger partial charge in [-0.2, -0.15) is 0 Å². The minimum atomic E-state index is -0.662. The molecule has 2 atom stereocenters. The van der Waals surface area contributed by atoms with Crippen molar-refractivity contribution in [2.45, 2.75) is 64.4 Å². The Kier molecular flexibility index (Phi) is 4.83. The zero-order valence-electron chi connectivity index (χ0n) is 18.2. The molecule has 1 saturated carbocycles. The van der Waals surface area contributed by atoms with E-state index in [-0.39, 0.29) is 30.1 Å². The molecule has 1 aromatic carbocycles. The molecule has 2 unspecified atom stereocenters. The fourth-order valence-electron chi connectivity index (χ4n) is 5.43. The van der Waals surface area contributed by atoms with Gasteiger partial charge in [-0.15, -0.1) is 0 Å².